The molecule has 1 unspecified atom stereocenters. The monoisotopic (exact) mass is 2330 g/mol. The van der Waals surface area contributed by atoms with Gasteiger partial charge in [0.25, 0.3) is 0 Å². The number of hydrogen-bond acceptors (Lipinski definition) is 6. The van der Waals surface area contributed by atoms with Gasteiger partial charge < -0.3 is 43.6 Å². The van der Waals surface area contributed by atoms with Crippen LogP contribution in [-0.4, -0.2) is 67.8 Å². The summed E-state index contributed by atoms with van der Waals surface area (Å²) >= 11 is 0. The second-order valence-electron chi connectivity index (χ2n) is 38.9. The zero-order valence-electron chi connectivity index (χ0n) is 80.4. The molecule has 10 aromatic carbocycles. The Balaban J connectivity index is 0.000000161. The van der Waals surface area contributed by atoms with Crippen LogP contribution >= 0.6 is 0 Å². The fourth-order valence-corrected chi connectivity index (χ4v) is 21.9. The van der Waals surface area contributed by atoms with E-state index in [4.69, 9.17) is 15.0 Å². The van der Waals surface area contributed by atoms with Crippen molar-refractivity contribution in [2.75, 3.05) is 0 Å². The number of aryl methyl sites for hydroxylation is 3. The molecule has 1 atom stereocenters. The molecule has 685 valence electrons. The van der Waals surface area contributed by atoms with Gasteiger partial charge in [0.15, 0.2) is 0 Å². The number of fused-ring (bicyclic) bond motifs is 9. The van der Waals surface area contributed by atoms with Gasteiger partial charge in [-0.25, -0.2) is 0 Å². The molecule has 9 heterocycles. The van der Waals surface area contributed by atoms with Crippen molar-refractivity contribution in [3.63, 3.8) is 0 Å². The molecule has 19 rings (SSSR count). The number of aromatic nitrogens is 9. The van der Waals surface area contributed by atoms with Crippen molar-refractivity contribution in [2.24, 2.45) is 10.8 Å². The molecular formula is C118H123Ir3N9Si3-6. The summed E-state index contributed by atoms with van der Waals surface area (Å²) in [7, 11) is -4.40. The molecular weight excluding hydrogens is 2200 g/mol. The molecule has 0 fully saturated rings. The van der Waals surface area contributed by atoms with Gasteiger partial charge in [-0.3, -0.25) is 0 Å². The van der Waals surface area contributed by atoms with Crippen molar-refractivity contribution in [1.82, 2.24) is 43.6 Å². The van der Waals surface area contributed by atoms with Gasteiger partial charge in [-0.2, -0.15) is 0 Å². The number of para-hydroxylation sites is 4. The molecule has 133 heavy (non-hydrogen) atoms. The quantitative estimate of drug-likeness (QED) is 0.0666. The van der Waals surface area contributed by atoms with Gasteiger partial charge in [0.2, 0.25) is 0 Å². The molecule has 0 amide bonds. The van der Waals surface area contributed by atoms with Crippen LogP contribution in [0.2, 0.25) is 58.9 Å². The van der Waals surface area contributed by atoms with Crippen LogP contribution in [-0.2, 0) is 86.2 Å². The van der Waals surface area contributed by atoms with E-state index in [2.05, 4.69) is 370 Å². The van der Waals surface area contributed by atoms with E-state index in [9.17, 15) is 0 Å². The zero-order chi connectivity index (χ0) is 91.9. The van der Waals surface area contributed by atoms with Crippen molar-refractivity contribution < 1.29 is 60.3 Å². The van der Waals surface area contributed by atoms with Crippen molar-refractivity contribution in [3.05, 3.63) is 375 Å². The maximum atomic E-state index is 4.99. The van der Waals surface area contributed by atoms with Crippen LogP contribution in [0.25, 0.3) is 139 Å². The number of rotatable bonds is 17. The number of benzene rings is 10. The maximum absolute atomic E-state index is 4.99. The zero-order valence-corrected chi connectivity index (χ0v) is 90.6. The Morgan fingerprint density at radius 3 is 1.05 bits per heavy atom. The van der Waals surface area contributed by atoms with Crippen molar-refractivity contribution in [3.8, 4) is 73.2 Å². The Hall–Kier alpha value is -10.9. The predicted octanol–water partition coefficient (Wildman–Crippen LogP) is 29.4. The normalized spacial score (nSPS) is 11.7. The van der Waals surface area contributed by atoms with Crippen LogP contribution in [0.15, 0.2) is 322 Å². The van der Waals surface area contributed by atoms with Crippen LogP contribution in [0.4, 0.5) is 0 Å². The first-order valence-corrected chi connectivity index (χ1v) is 56.5. The first-order valence-electron chi connectivity index (χ1n) is 46.0. The fraction of sp³-hybridized carbons (Fsp3) is 0.237. The Bertz CT molecular complexity index is 6690. The Labute approximate surface area is 834 Å². The molecule has 9 nitrogen and oxygen atoms in total. The third-order valence-electron chi connectivity index (χ3n) is 24.1. The van der Waals surface area contributed by atoms with E-state index >= 15 is 0 Å². The second kappa shape index (κ2) is 45.9. The second-order valence-corrected chi connectivity index (χ2v) is 54.0. The minimum Gasteiger partial charge on any atom is -0.381 e. The minimum absolute atomic E-state index is 0. The van der Waals surface area contributed by atoms with Gasteiger partial charge >= 0.3 is 0 Å². The minimum atomic E-state index is -1.53. The van der Waals surface area contributed by atoms with E-state index in [1.54, 1.807) is 18.6 Å². The van der Waals surface area contributed by atoms with Crippen molar-refractivity contribution in [2.45, 2.75) is 173 Å². The predicted molar refractivity (Wildman–Crippen MR) is 561 cm³/mol. The Morgan fingerprint density at radius 2 is 0.677 bits per heavy atom. The van der Waals surface area contributed by atoms with Crippen LogP contribution in [0, 0.1) is 47.2 Å². The summed E-state index contributed by atoms with van der Waals surface area (Å²) in [6.07, 6.45) is 16.5. The van der Waals surface area contributed by atoms with Gasteiger partial charge in [0, 0.05) is 133 Å². The first-order chi connectivity index (χ1) is 62.5. The van der Waals surface area contributed by atoms with Crippen LogP contribution in [0.5, 0.6) is 0 Å². The van der Waals surface area contributed by atoms with Crippen LogP contribution < -0.4 is 15.6 Å². The summed E-state index contributed by atoms with van der Waals surface area (Å²) in [5, 5.41) is 12.1. The maximum Gasteiger partial charge on any atom is 0.0799 e. The standard InChI is InChI=1S/C32H35N2Si.C27H33N2Si.C26H31N2Si.3C11H8N.3Ir/c1-22(32(2,3)4)26-20-28(33-21-31(26)35(5,6)7)23-17-18-30-27(19-23)25-15-11-12-16-29(25)34(30)24-13-9-8-10-14-24;1-8-29-24-12-10-9-11-21(24)22-15-19(13-14-25(22)29)23-16-20(17-27(2,3)4)26(18-28-23)30(5,6)7;1-6-8-11-20-17-23(27-18-26(20)29(3,4)5)19-14-15-25-22(16-19)21-12-9-10-13-24(21)28(25)7-2;3*1-2-6-10(7-3-1)11-8-4-5-9-12-11;;;/h8-16,18-22H,1-7H3;9-12,14-16,18H,8,17H2,1-7H3;9-10,12-13,15-18H,6-8,11H2,1-5H3;3*1-6,8-9H;;;/q6*-1;;;. The molecule has 0 N–H and O–H groups in total. The third kappa shape index (κ3) is 25.2. The van der Waals surface area contributed by atoms with E-state index in [-0.39, 0.29) is 71.1 Å². The summed E-state index contributed by atoms with van der Waals surface area (Å²) in [6.45, 7) is 46.6. The van der Waals surface area contributed by atoms with E-state index in [0.29, 0.717) is 5.92 Å². The fourth-order valence-electron chi connectivity index (χ4n) is 17.1. The molecule has 15 heteroatoms. The first kappa shape index (κ1) is 103. The molecule has 19 aromatic rings. The summed E-state index contributed by atoms with van der Waals surface area (Å²) in [6, 6.07) is 118. The molecule has 0 saturated heterocycles. The Kier molecular flexibility index (Phi) is 35.4. The van der Waals surface area contributed by atoms with Gasteiger partial charge in [-0.15, -0.1) is 179 Å². The van der Waals surface area contributed by atoms with E-state index in [0.717, 1.165) is 93.5 Å². The number of pyridine rings is 6. The summed E-state index contributed by atoms with van der Waals surface area (Å²) < 4.78 is 7.08. The average molecular weight is 2330 g/mol. The smallest absolute Gasteiger partial charge is 0.0799 e. The molecule has 0 saturated carbocycles. The third-order valence-corrected chi connectivity index (χ3v) is 30.2. The van der Waals surface area contributed by atoms with Gasteiger partial charge in [0.1, 0.15) is 0 Å². The molecule has 0 aliphatic carbocycles. The summed E-state index contributed by atoms with van der Waals surface area (Å²) in [5.74, 6) is 0.440. The van der Waals surface area contributed by atoms with Gasteiger partial charge in [-0.1, -0.05) is 281 Å². The Morgan fingerprint density at radius 1 is 0.323 bits per heavy atom. The summed E-state index contributed by atoms with van der Waals surface area (Å²) in [5.41, 5.74) is 25.8. The SMILES string of the molecule is CC(c1cc(-c2[c-]cc3c(c2)c2ccccc2n3-c2ccccc2)ncc1[Si](C)(C)C)C(C)(C)C.CCCCc1cc(-c2[c-]cc3c(c2)c2ccccc2n3CC)ncc1[Si](C)(C)C.CCn1c2c[c-]c(-c3cc(CC(C)(C)C)c([Si](C)(C)C)cn3)cc2c2ccccc21.[Ir].[Ir].[Ir].[c-]1ccccc1-c1ccccn1.[c-]1ccccc1-c1ccccn1.[c-]1ccccc1-c1ccccn1. The molecule has 0 spiro atoms. The number of nitrogens with zero attached hydrogens (tertiary/aromatic N) is 9. The summed E-state index contributed by atoms with van der Waals surface area (Å²) in [4.78, 5) is 27.5. The number of unbranched alkanes of at least 4 members (excludes halogenated alkanes) is 1. The van der Waals surface area contributed by atoms with Crippen molar-refractivity contribution in [1.29, 1.82) is 0 Å². The molecule has 3 radical (unpaired) electrons. The van der Waals surface area contributed by atoms with Crippen LogP contribution in [0.1, 0.15) is 105 Å². The topological polar surface area (TPSA) is 92.1 Å². The van der Waals surface area contributed by atoms with Crippen molar-refractivity contribution >= 4 is 105 Å². The molecule has 0 bridgehead atoms. The number of hydrogen-bond donors (Lipinski definition) is 0. The molecule has 0 aliphatic heterocycles. The van der Waals surface area contributed by atoms with Crippen LogP contribution in [0.3, 0.4) is 0 Å². The largest absolute Gasteiger partial charge is 0.381 e. The van der Waals surface area contributed by atoms with E-state index in [1.807, 2.05) is 127 Å². The van der Waals surface area contributed by atoms with E-state index in [1.165, 1.54) is 116 Å². The van der Waals surface area contributed by atoms with E-state index < -0.39 is 24.2 Å². The molecule has 9 aromatic heterocycles. The average Bonchev–Trinajstić information content (AvgIpc) is 1.63. The molecule has 0 aliphatic rings. The van der Waals surface area contributed by atoms with Gasteiger partial charge in [-0.05, 0) is 181 Å². The van der Waals surface area contributed by atoms with Gasteiger partial charge in [0.05, 0.1) is 24.2 Å².